The van der Waals surface area contributed by atoms with Gasteiger partial charge in [0.05, 0.1) is 0 Å². The standard InChI is InChI=1S/C15H17BrN2O/c1-2-18(11-5-3-6-12(19)9-11)10-13-14(16)7-4-8-15(13)17/h3-9,19H,2,10,17H2,1H3. The van der Waals surface area contributed by atoms with E-state index < -0.39 is 0 Å². The molecule has 0 unspecified atom stereocenters. The minimum atomic E-state index is 0.274. The van der Waals surface area contributed by atoms with Crippen LogP contribution < -0.4 is 10.6 Å². The fourth-order valence-corrected chi connectivity index (χ4v) is 2.52. The van der Waals surface area contributed by atoms with Crippen molar-refractivity contribution in [3.05, 3.63) is 52.5 Å². The number of phenolic OH excluding ortho intramolecular Hbond substituents is 1. The molecule has 19 heavy (non-hydrogen) atoms. The Hall–Kier alpha value is -1.68. The van der Waals surface area contributed by atoms with Crippen LogP contribution in [0.1, 0.15) is 12.5 Å². The molecule has 0 aromatic heterocycles. The van der Waals surface area contributed by atoms with Gasteiger partial charge in [0.2, 0.25) is 0 Å². The predicted molar refractivity (Wildman–Crippen MR) is 83.4 cm³/mol. The zero-order chi connectivity index (χ0) is 13.8. The van der Waals surface area contributed by atoms with Crippen LogP contribution in [0.2, 0.25) is 0 Å². The Bertz CT molecular complexity index is 552. The molecule has 0 atom stereocenters. The maximum atomic E-state index is 9.57. The number of nitrogens with two attached hydrogens (primary N) is 1. The van der Waals surface area contributed by atoms with E-state index in [4.69, 9.17) is 5.73 Å². The van der Waals surface area contributed by atoms with Crippen LogP contribution >= 0.6 is 15.9 Å². The molecule has 0 spiro atoms. The zero-order valence-corrected chi connectivity index (χ0v) is 12.4. The second-order valence-electron chi connectivity index (χ2n) is 4.34. The summed E-state index contributed by atoms with van der Waals surface area (Å²) >= 11 is 3.54. The number of nitrogen functional groups attached to an aromatic ring is 1. The fourth-order valence-electron chi connectivity index (χ4n) is 2.01. The summed E-state index contributed by atoms with van der Waals surface area (Å²) in [5, 5.41) is 9.57. The highest BCUT2D eigenvalue weighted by molar-refractivity contribution is 9.10. The molecule has 0 fully saturated rings. The van der Waals surface area contributed by atoms with Gasteiger partial charge in [-0.15, -0.1) is 0 Å². The summed E-state index contributed by atoms with van der Waals surface area (Å²) in [5.74, 6) is 0.274. The number of benzene rings is 2. The van der Waals surface area contributed by atoms with E-state index >= 15 is 0 Å². The number of phenols is 1. The minimum Gasteiger partial charge on any atom is -0.508 e. The molecule has 0 radical (unpaired) electrons. The third kappa shape index (κ3) is 3.20. The molecule has 0 saturated carbocycles. The Balaban J connectivity index is 2.29. The number of halogens is 1. The predicted octanol–water partition coefficient (Wildman–Crippen LogP) is 3.76. The van der Waals surface area contributed by atoms with Crippen LogP contribution in [-0.2, 0) is 6.54 Å². The molecule has 0 saturated heterocycles. The van der Waals surface area contributed by atoms with Gasteiger partial charge in [0.1, 0.15) is 5.75 Å². The molecule has 0 aliphatic rings. The monoisotopic (exact) mass is 320 g/mol. The molecular weight excluding hydrogens is 304 g/mol. The highest BCUT2D eigenvalue weighted by Crippen LogP contribution is 2.27. The van der Waals surface area contributed by atoms with Crippen molar-refractivity contribution >= 4 is 27.3 Å². The molecule has 3 N–H and O–H groups in total. The van der Waals surface area contributed by atoms with E-state index in [-0.39, 0.29) is 5.75 Å². The van der Waals surface area contributed by atoms with Gasteiger partial charge in [0, 0.05) is 40.6 Å². The Labute approximate surface area is 121 Å². The van der Waals surface area contributed by atoms with Crippen LogP contribution in [0.3, 0.4) is 0 Å². The van der Waals surface area contributed by atoms with Crippen LogP contribution in [0.4, 0.5) is 11.4 Å². The first kappa shape index (κ1) is 13.7. The quantitative estimate of drug-likeness (QED) is 0.843. The zero-order valence-electron chi connectivity index (χ0n) is 10.8. The summed E-state index contributed by atoms with van der Waals surface area (Å²) in [6.45, 7) is 3.62. The first-order valence-electron chi connectivity index (χ1n) is 6.18. The number of hydrogen-bond donors (Lipinski definition) is 2. The minimum absolute atomic E-state index is 0.274. The lowest BCUT2D eigenvalue weighted by atomic mass is 10.1. The van der Waals surface area contributed by atoms with E-state index in [9.17, 15) is 5.11 Å². The summed E-state index contributed by atoms with van der Waals surface area (Å²) in [7, 11) is 0. The molecule has 4 heteroatoms. The molecule has 0 bridgehead atoms. The molecule has 0 aliphatic carbocycles. The number of aromatic hydroxyl groups is 1. The second kappa shape index (κ2) is 5.97. The molecule has 0 aliphatic heterocycles. The molecular formula is C15H17BrN2O. The van der Waals surface area contributed by atoms with Crippen molar-refractivity contribution in [1.29, 1.82) is 0 Å². The summed E-state index contributed by atoms with van der Waals surface area (Å²) in [4.78, 5) is 2.16. The van der Waals surface area contributed by atoms with Crippen molar-refractivity contribution in [1.82, 2.24) is 0 Å². The van der Waals surface area contributed by atoms with Gasteiger partial charge in [-0.2, -0.15) is 0 Å². The summed E-state index contributed by atoms with van der Waals surface area (Å²) in [5.41, 5.74) is 8.84. The van der Waals surface area contributed by atoms with Gasteiger partial charge in [-0.3, -0.25) is 0 Å². The molecule has 0 amide bonds. The first-order valence-corrected chi connectivity index (χ1v) is 6.98. The highest BCUT2D eigenvalue weighted by Gasteiger charge is 2.10. The van der Waals surface area contributed by atoms with Gasteiger partial charge >= 0.3 is 0 Å². The summed E-state index contributed by atoms with van der Waals surface area (Å²) in [6.07, 6.45) is 0. The van der Waals surface area contributed by atoms with E-state index in [0.29, 0.717) is 6.54 Å². The number of hydrogen-bond acceptors (Lipinski definition) is 3. The molecule has 2 aromatic carbocycles. The average molecular weight is 321 g/mol. The lowest BCUT2D eigenvalue weighted by molar-refractivity contribution is 0.475. The fraction of sp³-hybridized carbons (Fsp3) is 0.200. The smallest absolute Gasteiger partial charge is 0.117 e. The molecule has 3 nitrogen and oxygen atoms in total. The topological polar surface area (TPSA) is 49.5 Å². The van der Waals surface area contributed by atoms with Gasteiger partial charge < -0.3 is 15.7 Å². The lowest BCUT2D eigenvalue weighted by Gasteiger charge is -2.24. The van der Waals surface area contributed by atoms with Gasteiger partial charge in [-0.05, 0) is 31.2 Å². The van der Waals surface area contributed by atoms with Crippen LogP contribution in [0, 0.1) is 0 Å². The van der Waals surface area contributed by atoms with Crippen molar-refractivity contribution in [3.63, 3.8) is 0 Å². The molecule has 100 valence electrons. The van der Waals surface area contributed by atoms with Gasteiger partial charge in [0.25, 0.3) is 0 Å². The van der Waals surface area contributed by atoms with E-state index in [0.717, 1.165) is 28.0 Å². The largest absolute Gasteiger partial charge is 0.508 e. The van der Waals surface area contributed by atoms with Crippen molar-refractivity contribution in [3.8, 4) is 5.75 Å². The van der Waals surface area contributed by atoms with E-state index in [1.54, 1.807) is 12.1 Å². The van der Waals surface area contributed by atoms with Gasteiger partial charge in [-0.25, -0.2) is 0 Å². The van der Waals surface area contributed by atoms with E-state index in [1.165, 1.54) is 0 Å². The Morgan fingerprint density at radius 2 is 1.95 bits per heavy atom. The first-order chi connectivity index (χ1) is 9.11. The second-order valence-corrected chi connectivity index (χ2v) is 5.20. The van der Waals surface area contributed by atoms with Gasteiger partial charge in [-0.1, -0.05) is 28.1 Å². The molecule has 2 aromatic rings. The van der Waals surface area contributed by atoms with Crippen molar-refractivity contribution in [2.45, 2.75) is 13.5 Å². The maximum absolute atomic E-state index is 9.57. The van der Waals surface area contributed by atoms with Crippen LogP contribution in [0.15, 0.2) is 46.9 Å². The normalized spacial score (nSPS) is 10.4. The highest BCUT2D eigenvalue weighted by atomic mass is 79.9. The SMILES string of the molecule is CCN(Cc1c(N)cccc1Br)c1cccc(O)c1. The third-order valence-electron chi connectivity index (χ3n) is 3.08. The number of rotatable bonds is 4. The van der Waals surface area contributed by atoms with Crippen molar-refractivity contribution < 1.29 is 5.11 Å². The Morgan fingerprint density at radius 1 is 1.21 bits per heavy atom. The van der Waals surface area contributed by atoms with Crippen LogP contribution in [0.25, 0.3) is 0 Å². The Morgan fingerprint density at radius 3 is 2.58 bits per heavy atom. The van der Waals surface area contributed by atoms with E-state index in [2.05, 4.69) is 27.8 Å². The number of nitrogens with zero attached hydrogens (tertiary/aromatic N) is 1. The number of anilines is 2. The molecule has 2 rings (SSSR count). The summed E-state index contributed by atoms with van der Waals surface area (Å²) < 4.78 is 1.01. The maximum Gasteiger partial charge on any atom is 0.117 e. The van der Waals surface area contributed by atoms with Crippen molar-refractivity contribution in [2.75, 3.05) is 17.2 Å². The average Bonchev–Trinajstić information content (AvgIpc) is 2.38. The third-order valence-corrected chi connectivity index (χ3v) is 3.82. The summed E-state index contributed by atoms with van der Waals surface area (Å²) in [6, 6.07) is 13.1. The van der Waals surface area contributed by atoms with Crippen molar-refractivity contribution in [2.24, 2.45) is 0 Å². The lowest BCUT2D eigenvalue weighted by Crippen LogP contribution is -2.22. The van der Waals surface area contributed by atoms with E-state index in [1.807, 2.05) is 30.3 Å². The Kier molecular flexibility index (Phi) is 4.32. The van der Waals surface area contributed by atoms with Gasteiger partial charge in [0.15, 0.2) is 0 Å². The van der Waals surface area contributed by atoms with Crippen LogP contribution in [0.5, 0.6) is 5.75 Å². The molecule has 0 heterocycles. The van der Waals surface area contributed by atoms with Crippen LogP contribution in [-0.4, -0.2) is 11.7 Å².